The Bertz CT molecular complexity index is 442. The van der Waals surface area contributed by atoms with Crippen molar-refractivity contribution in [3.05, 3.63) is 0 Å². The van der Waals surface area contributed by atoms with Crippen molar-refractivity contribution in [1.82, 2.24) is 15.1 Å². The average molecular weight is 369 g/mol. The Balaban J connectivity index is 1.79. The highest BCUT2D eigenvalue weighted by Gasteiger charge is 2.27. The number of hydrogen-bond donors (Lipinski definition) is 1. The van der Waals surface area contributed by atoms with Gasteiger partial charge in [0.05, 0.1) is 19.6 Å². The molecule has 0 radical (unpaired) electrons. The first-order valence-electron chi connectivity index (χ1n) is 10.00. The molecule has 26 heavy (non-hydrogen) atoms. The maximum absolute atomic E-state index is 11.7. The lowest BCUT2D eigenvalue weighted by molar-refractivity contribution is -0.146. The molecule has 2 aliphatic rings. The molecule has 2 aliphatic heterocycles. The molecule has 0 aliphatic carbocycles. The zero-order valence-electron chi connectivity index (χ0n) is 16.7. The van der Waals surface area contributed by atoms with Crippen LogP contribution in [0.3, 0.4) is 0 Å². The van der Waals surface area contributed by atoms with E-state index in [1.807, 2.05) is 0 Å². The van der Waals surface area contributed by atoms with Crippen molar-refractivity contribution in [3.63, 3.8) is 0 Å². The first kappa shape index (κ1) is 21.0. The number of carbonyl (C=O) groups is 1. The Morgan fingerprint density at radius 3 is 2.38 bits per heavy atom. The Kier molecular flexibility index (Phi) is 9.18. The van der Waals surface area contributed by atoms with Gasteiger partial charge in [-0.05, 0) is 51.6 Å². The van der Waals surface area contributed by atoms with E-state index in [2.05, 4.69) is 22.0 Å². The third-order valence-corrected chi connectivity index (χ3v) is 5.48. The molecule has 2 heterocycles. The Hall–Kier alpha value is -1.34. The number of likely N-dealkylation sites (tertiary alicyclic amines) is 2. The number of hydrogen-bond acceptors (Lipinski definition) is 5. The molecule has 0 saturated carbocycles. The summed E-state index contributed by atoms with van der Waals surface area (Å²) in [6, 6.07) is 0. The number of piperidine rings is 2. The van der Waals surface area contributed by atoms with E-state index in [4.69, 9.17) is 14.5 Å². The zero-order valence-corrected chi connectivity index (χ0v) is 16.7. The van der Waals surface area contributed by atoms with Gasteiger partial charge in [-0.25, -0.2) is 0 Å². The Morgan fingerprint density at radius 2 is 1.81 bits per heavy atom. The van der Waals surface area contributed by atoms with Crippen LogP contribution in [0.4, 0.5) is 0 Å². The number of guanidine groups is 1. The number of methoxy groups -OCH3 is 2. The molecule has 150 valence electrons. The lowest BCUT2D eigenvalue weighted by atomic mass is 9.96. The zero-order chi connectivity index (χ0) is 18.8. The summed E-state index contributed by atoms with van der Waals surface area (Å²) in [5, 5.41) is 3.42. The number of nitrogens with one attached hydrogen (secondary N) is 1. The second-order valence-electron chi connectivity index (χ2n) is 7.26. The van der Waals surface area contributed by atoms with Crippen molar-refractivity contribution < 1.29 is 14.3 Å². The minimum Gasteiger partial charge on any atom is -0.469 e. The predicted molar refractivity (Wildman–Crippen MR) is 103 cm³/mol. The fraction of sp³-hybridized carbons (Fsp3) is 0.895. The monoisotopic (exact) mass is 368 g/mol. The molecule has 2 saturated heterocycles. The molecule has 2 fully saturated rings. The van der Waals surface area contributed by atoms with E-state index in [1.165, 1.54) is 20.0 Å². The number of nitrogens with zero attached hydrogens (tertiary/aromatic N) is 3. The fourth-order valence-electron chi connectivity index (χ4n) is 3.75. The van der Waals surface area contributed by atoms with E-state index in [-0.39, 0.29) is 11.9 Å². The standard InChI is InChI=1S/C19H36N4O3/c1-4-20-19(23-11-7-17(8-12-23)18(24)26-3)21-15-16-5-9-22(10-6-16)13-14-25-2/h16-17H,4-15H2,1-3H3,(H,20,21). The molecule has 0 amide bonds. The van der Waals surface area contributed by atoms with E-state index in [0.29, 0.717) is 5.92 Å². The van der Waals surface area contributed by atoms with Crippen LogP contribution >= 0.6 is 0 Å². The Labute approximate surface area is 158 Å². The van der Waals surface area contributed by atoms with Crippen LogP contribution in [0.1, 0.15) is 32.6 Å². The third-order valence-electron chi connectivity index (χ3n) is 5.48. The second kappa shape index (κ2) is 11.4. The quantitative estimate of drug-likeness (QED) is 0.414. The molecule has 0 unspecified atom stereocenters. The van der Waals surface area contributed by atoms with Gasteiger partial charge in [0.15, 0.2) is 5.96 Å². The van der Waals surface area contributed by atoms with E-state index >= 15 is 0 Å². The van der Waals surface area contributed by atoms with Crippen molar-refractivity contribution in [2.45, 2.75) is 32.6 Å². The summed E-state index contributed by atoms with van der Waals surface area (Å²) in [4.78, 5) is 21.4. The van der Waals surface area contributed by atoms with Crippen molar-refractivity contribution in [2.24, 2.45) is 16.8 Å². The van der Waals surface area contributed by atoms with Crippen LogP contribution in [-0.2, 0) is 14.3 Å². The minimum absolute atomic E-state index is 0.0376. The SMILES string of the molecule is CCNC(=NCC1CCN(CCOC)CC1)N1CCC(C(=O)OC)CC1. The first-order chi connectivity index (χ1) is 12.7. The number of ether oxygens (including phenoxy) is 2. The molecule has 7 heteroatoms. The lowest BCUT2D eigenvalue weighted by Gasteiger charge is -2.34. The summed E-state index contributed by atoms with van der Waals surface area (Å²) < 4.78 is 10.0. The minimum atomic E-state index is -0.0770. The van der Waals surface area contributed by atoms with E-state index in [0.717, 1.165) is 71.2 Å². The topological polar surface area (TPSA) is 66.4 Å². The lowest BCUT2D eigenvalue weighted by Crippen LogP contribution is -2.47. The van der Waals surface area contributed by atoms with Crippen LogP contribution in [0.15, 0.2) is 4.99 Å². The highest BCUT2D eigenvalue weighted by atomic mass is 16.5. The van der Waals surface area contributed by atoms with E-state index in [9.17, 15) is 4.79 Å². The van der Waals surface area contributed by atoms with Crippen LogP contribution in [0, 0.1) is 11.8 Å². The molecule has 7 nitrogen and oxygen atoms in total. The summed E-state index contributed by atoms with van der Waals surface area (Å²) in [6.07, 6.45) is 4.10. The molecular weight excluding hydrogens is 332 g/mol. The number of aliphatic imine (C=N–C) groups is 1. The van der Waals surface area contributed by atoms with Crippen molar-refractivity contribution in [2.75, 3.05) is 66.6 Å². The van der Waals surface area contributed by atoms with Gasteiger partial charge in [-0.1, -0.05) is 0 Å². The van der Waals surface area contributed by atoms with Crippen LogP contribution in [0.2, 0.25) is 0 Å². The van der Waals surface area contributed by atoms with Gasteiger partial charge in [-0.3, -0.25) is 9.79 Å². The van der Waals surface area contributed by atoms with Crippen LogP contribution < -0.4 is 5.32 Å². The van der Waals surface area contributed by atoms with Gasteiger partial charge < -0.3 is 24.6 Å². The molecule has 0 spiro atoms. The highest BCUT2D eigenvalue weighted by Crippen LogP contribution is 2.20. The van der Waals surface area contributed by atoms with Gasteiger partial charge >= 0.3 is 5.97 Å². The van der Waals surface area contributed by atoms with Gasteiger partial charge in [-0.2, -0.15) is 0 Å². The van der Waals surface area contributed by atoms with Crippen LogP contribution in [-0.4, -0.2) is 88.4 Å². The maximum atomic E-state index is 11.7. The van der Waals surface area contributed by atoms with Crippen LogP contribution in [0.25, 0.3) is 0 Å². The maximum Gasteiger partial charge on any atom is 0.308 e. The summed E-state index contributed by atoms with van der Waals surface area (Å²) in [6.45, 7) is 9.71. The number of esters is 1. The molecule has 1 N–H and O–H groups in total. The third kappa shape index (κ3) is 6.43. The molecule has 2 rings (SSSR count). The van der Waals surface area contributed by atoms with Gasteiger partial charge in [0.1, 0.15) is 0 Å². The molecule has 0 aromatic carbocycles. The smallest absolute Gasteiger partial charge is 0.308 e. The summed E-state index contributed by atoms with van der Waals surface area (Å²) in [7, 11) is 3.23. The van der Waals surface area contributed by atoms with Gasteiger partial charge in [-0.15, -0.1) is 0 Å². The van der Waals surface area contributed by atoms with Crippen molar-refractivity contribution in [3.8, 4) is 0 Å². The molecule has 0 aromatic rings. The summed E-state index contributed by atoms with van der Waals surface area (Å²) >= 11 is 0. The number of carbonyl (C=O) groups excluding carboxylic acids is 1. The molecule has 0 bridgehead atoms. The van der Waals surface area contributed by atoms with Crippen molar-refractivity contribution in [1.29, 1.82) is 0 Å². The summed E-state index contributed by atoms with van der Waals surface area (Å²) in [5.74, 6) is 1.62. The fourth-order valence-corrected chi connectivity index (χ4v) is 3.75. The predicted octanol–water partition coefficient (Wildman–Crippen LogP) is 1.20. The normalized spacial score (nSPS) is 21.0. The van der Waals surface area contributed by atoms with Crippen molar-refractivity contribution >= 4 is 11.9 Å². The Morgan fingerprint density at radius 1 is 1.12 bits per heavy atom. The van der Waals surface area contributed by atoms with Crippen LogP contribution in [0.5, 0.6) is 0 Å². The highest BCUT2D eigenvalue weighted by molar-refractivity contribution is 5.80. The first-order valence-corrected chi connectivity index (χ1v) is 10.00. The largest absolute Gasteiger partial charge is 0.469 e. The van der Waals surface area contributed by atoms with E-state index < -0.39 is 0 Å². The van der Waals surface area contributed by atoms with E-state index in [1.54, 1.807) is 7.11 Å². The van der Waals surface area contributed by atoms with Gasteiger partial charge in [0, 0.05) is 39.8 Å². The molecule has 0 atom stereocenters. The molecule has 0 aromatic heterocycles. The summed E-state index contributed by atoms with van der Waals surface area (Å²) in [5.41, 5.74) is 0. The second-order valence-corrected chi connectivity index (χ2v) is 7.26. The van der Waals surface area contributed by atoms with Gasteiger partial charge in [0.25, 0.3) is 0 Å². The number of rotatable bonds is 7. The average Bonchev–Trinajstić information content (AvgIpc) is 2.70. The van der Waals surface area contributed by atoms with Gasteiger partial charge in [0.2, 0.25) is 0 Å². The molecular formula is C19H36N4O3.